The van der Waals surface area contributed by atoms with E-state index >= 15 is 0 Å². The molecule has 0 spiro atoms. The molecule has 1 fully saturated rings. The van der Waals surface area contributed by atoms with Crippen molar-refractivity contribution in [2.75, 3.05) is 26.7 Å². The quantitative estimate of drug-likeness (QED) is 0.771. The maximum absolute atomic E-state index is 13.2. The maximum atomic E-state index is 13.2. The topological polar surface area (TPSA) is 66.9 Å². The fourth-order valence-electron chi connectivity index (χ4n) is 4.11. The van der Waals surface area contributed by atoms with Crippen LogP contribution in [0.15, 0.2) is 47.4 Å². The van der Waals surface area contributed by atoms with Gasteiger partial charge in [0.1, 0.15) is 10.6 Å². The number of hydrogen-bond acceptors (Lipinski definition) is 4. The highest BCUT2D eigenvalue weighted by Gasteiger charge is 2.30. The van der Waals surface area contributed by atoms with E-state index in [0.717, 1.165) is 31.2 Å². The molecule has 154 valence electrons. The molecule has 0 N–H and O–H groups in total. The van der Waals surface area contributed by atoms with Gasteiger partial charge < -0.3 is 9.64 Å². The van der Waals surface area contributed by atoms with Crippen molar-refractivity contribution in [1.29, 1.82) is 0 Å². The standard InChI is InChI=1S/C22H26N2O4S/c1-28-20-10-9-18(15-21(20)29(26,27)24-12-5-2-6-13-24)22(25)23-14-11-17-7-3-4-8-19(17)16-23/h3-4,7-10,15H,2,5-6,11-14,16H2,1H3. The van der Waals surface area contributed by atoms with Crippen molar-refractivity contribution in [2.45, 2.75) is 37.1 Å². The zero-order valence-electron chi connectivity index (χ0n) is 16.6. The molecule has 1 amide bonds. The molecule has 0 unspecified atom stereocenters. The van der Waals surface area contributed by atoms with Crippen LogP contribution in [-0.4, -0.2) is 50.3 Å². The van der Waals surface area contributed by atoms with Crippen LogP contribution in [0.4, 0.5) is 0 Å². The second-order valence-electron chi connectivity index (χ2n) is 7.58. The molecule has 29 heavy (non-hydrogen) atoms. The minimum atomic E-state index is -3.70. The Labute approximate surface area is 172 Å². The van der Waals surface area contributed by atoms with Gasteiger partial charge in [-0.05, 0) is 48.6 Å². The van der Waals surface area contributed by atoms with E-state index in [-0.39, 0.29) is 16.6 Å². The van der Waals surface area contributed by atoms with Crippen LogP contribution in [0.2, 0.25) is 0 Å². The smallest absolute Gasteiger partial charge is 0.254 e. The lowest BCUT2D eigenvalue weighted by molar-refractivity contribution is 0.0734. The van der Waals surface area contributed by atoms with Gasteiger partial charge in [-0.15, -0.1) is 0 Å². The van der Waals surface area contributed by atoms with Crippen LogP contribution in [0.25, 0.3) is 0 Å². The fourth-order valence-corrected chi connectivity index (χ4v) is 5.81. The summed E-state index contributed by atoms with van der Waals surface area (Å²) >= 11 is 0. The normalized spacial score (nSPS) is 17.6. The van der Waals surface area contributed by atoms with Gasteiger partial charge in [0, 0.05) is 31.7 Å². The Morgan fingerprint density at radius 2 is 1.69 bits per heavy atom. The zero-order valence-corrected chi connectivity index (χ0v) is 17.5. The monoisotopic (exact) mass is 414 g/mol. The van der Waals surface area contributed by atoms with Gasteiger partial charge in [-0.2, -0.15) is 4.31 Å². The number of sulfonamides is 1. The van der Waals surface area contributed by atoms with Gasteiger partial charge >= 0.3 is 0 Å². The van der Waals surface area contributed by atoms with Crippen LogP contribution in [0.5, 0.6) is 5.75 Å². The number of fused-ring (bicyclic) bond motifs is 1. The minimum Gasteiger partial charge on any atom is -0.495 e. The summed E-state index contributed by atoms with van der Waals surface area (Å²) in [6.45, 7) is 2.17. The Morgan fingerprint density at radius 3 is 2.41 bits per heavy atom. The molecule has 0 bridgehead atoms. The molecule has 0 atom stereocenters. The van der Waals surface area contributed by atoms with Crippen molar-refractivity contribution in [1.82, 2.24) is 9.21 Å². The lowest BCUT2D eigenvalue weighted by Crippen LogP contribution is -2.37. The van der Waals surface area contributed by atoms with Crippen molar-refractivity contribution in [3.05, 3.63) is 59.2 Å². The van der Waals surface area contributed by atoms with E-state index in [0.29, 0.717) is 31.7 Å². The Hall–Kier alpha value is -2.38. The van der Waals surface area contributed by atoms with E-state index < -0.39 is 10.0 Å². The molecular formula is C22H26N2O4S. The van der Waals surface area contributed by atoms with E-state index in [4.69, 9.17) is 4.74 Å². The Kier molecular flexibility index (Phi) is 5.61. The number of rotatable bonds is 4. The molecule has 4 rings (SSSR count). The number of ether oxygens (including phenoxy) is 1. The highest BCUT2D eigenvalue weighted by molar-refractivity contribution is 7.89. The predicted molar refractivity (Wildman–Crippen MR) is 110 cm³/mol. The summed E-state index contributed by atoms with van der Waals surface area (Å²) in [5.74, 6) is 0.119. The molecule has 2 aromatic rings. The van der Waals surface area contributed by atoms with Gasteiger partial charge in [-0.25, -0.2) is 8.42 Å². The third-order valence-corrected chi connectivity index (χ3v) is 7.68. The van der Waals surface area contributed by atoms with Crippen molar-refractivity contribution in [2.24, 2.45) is 0 Å². The van der Waals surface area contributed by atoms with E-state index in [1.807, 2.05) is 18.2 Å². The van der Waals surface area contributed by atoms with E-state index in [1.165, 1.54) is 23.0 Å². The molecule has 7 heteroatoms. The third-order valence-electron chi connectivity index (χ3n) is 5.76. The Balaban J connectivity index is 1.64. The van der Waals surface area contributed by atoms with Gasteiger partial charge in [-0.1, -0.05) is 30.7 Å². The third kappa shape index (κ3) is 3.89. The lowest BCUT2D eigenvalue weighted by atomic mass is 9.99. The second kappa shape index (κ2) is 8.16. The van der Waals surface area contributed by atoms with Gasteiger partial charge in [0.25, 0.3) is 5.91 Å². The number of benzene rings is 2. The number of carbonyl (C=O) groups is 1. The molecule has 0 aromatic heterocycles. The molecule has 0 radical (unpaired) electrons. The van der Waals surface area contributed by atoms with Gasteiger partial charge in [0.15, 0.2) is 0 Å². The van der Waals surface area contributed by atoms with Crippen LogP contribution in [0, 0.1) is 0 Å². The summed E-state index contributed by atoms with van der Waals surface area (Å²) in [7, 11) is -2.25. The summed E-state index contributed by atoms with van der Waals surface area (Å²) in [5, 5.41) is 0. The summed E-state index contributed by atoms with van der Waals surface area (Å²) in [5.41, 5.74) is 2.78. The highest BCUT2D eigenvalue weighted by Crippen LogP contribution is 2.30. The molecule has 2 heterocycles. The second-order valence-corrected chi connectivity index (χ2v) is 9.48. The lowest BCUT2D eigenvalue weighted by Gasteiger charge is -2.29. The number of carbonyl (C=O) groups excluding carboxylic acids is 1. The van der Waals surface area contributed by atoms with E-state index in [9.17, 15) is 13.2 Å². The molecule has 6 nitrogen and oxygen atoms in total. The molecule has 0 saturated carbocycles. The minimum absolute atomic E-state index is 0.0742. The predicted octanol–water partition coefficient (Wildman–Crippen LogP) is 3.07. The summed E-state index contributed by atoms with van der Waals surface area (Å²) in [6, 6.07) is 12.8. The molecular weight excluding hydrogens is 388 g/mol. The van der Waals surface area contributed by atoms with Crippen LogP contribution >= 0.6 is 0 Å². The first-order valence-electron chi connectivity index (χ1n) is 10.0. The first-order valence-corrected chi connectivity index (χ1v) is 11.5. The Bertz CT molecular complexity index is 1010. The maximum Gasteiger partial charge on any atom is 0.254 e. The first-order chi connectivity index (χ1) is 14.0. The van der Waals surface area contributed by atoms with Crippen LogP contribution in [-0.2, 0) is 23.0 Å². The zero-order chi connectivity index (χ0) is 20.4. The van der Waals surface area contributed by atoms with Crippen molar-refractivity contribution >= 4 is 15.9 Å². The molecule has 0 aliphatic carbocycles. The molecule has 2 aromatic carbocycles. The molecule has 2 aliphatic rings. The average Bonchev–Trinajstić information content (AvgIpc) is 2.78. The molecule has 2 aliphatic heterocycles. The first kappa shape index (κ1) is 19.9. The van der Waals surface area contributed by atoms with Crippen molar-refractivity contribution in [3.63, 3.8) is 0 Å². The number of piperidine rings is 1. The number of methoxy groups -OCH3 is 1. The van der Waals surface area contributed by atoms with E-state index in [1.54, 1.807) is 17.0 Å². The largest absolute Gasteiger partial charge is 0.495 e. The number of nitrogens with zero attached hydrogens (tertiary/aromatic N) is 2. The van der Waals surface area contributed by atoms with Crippen molar-refractivity contribution in [3.8, 4) is 5.75 Å². The number of hydrogen-bond donors (Lipinski definition) is 0. The molecule has 1 saturated heterocycles. The van der Waals surface area contributed by atoms with Crippen molar-refractivity contribution < 1.29 is 17.9 Å². The van der Waals surface area contributed by atoms with Gasteiger partial charge in [-0.3, -0.25) is 4.79 Å². The summed E-state index contributed by atoms with van der Waals surface area (Å²) < 4.78 is 33.2. The van der Waals surface area contributed by atoms with Gasteiger partial charge in [0.05, 0.1) is 7.11 Å². The van der Waals surface area contributed by atoms with Crippen LogP contribution in [0.3, 0.4) is 0 Å². The van der Waals surface area contributed by atoms with E-state index in [2.05, 4.69) is 6.07 Å². The fraction of sp³-hybridized carbons (Fsp3) is 0.409. The number of amides is 1. The Morgan fingerprint density at radius 1 is 0.966 bits per heavy atom. The van der Waals surface area contributed by atoms with Crippen LogP contribution < -0.4 is 4.74 Å². The summed E-state index contributed by atoms with van der Waals surface area (Å²) in [6.07, 6.45) is 3.55. The highest BCUT2D eigenvalue weighted by atomic mass is 32.2. The average molecular weight is 415 g/mol. The van der Waals surface area contributed by atoms with Crippen LogP contribution in [0.1, 0.15) is 40.7 Å². The van der Waals surface area contributed by atoms with Gasteiger partial charge in [0.2, 0.25) is 10.0 Å². The summed E-state index contributed by atoms with van der Waals surface area (Å²) in [4.78, 5) is 15.0. The SMILES string of the molecule is COc1ccc(C(=O)N2CCc3ccccc3C2)cc1S(=O)(=O)N1CCCCC1.